The van der Waals surface area contributed by atoms with Gasteiger partial charge in [-0.15, -0.1) is 0 Å². The average Bonchev–Trinajstić information content (AvgIpc) is 3.22. The van der Waals surface area contributed by atoms with Gasteiger partial charge in [-0.3, -0.25) is 9.69 Å². The Labute approximate surface area is 178 Å². The number of nitrogens with zero attached hydrogens (tertiary/aromatic N) is 3. The van der Waals surface area contributed by atoms with Gasteiger partial charge in [0.25, 0.3) is 0 Å². The van der Waals surface area contributed by atoms with Crippen LogP contribution in [0.4, 0.5) is 5.69 Å². The number of sulfonamides is 1. The van der Waals surface area contributed by atoms with Gasteiger partial charge in [0.15, 0.2) is 0 Å². The fourth-order valence-corrected chi connectivity index (χ4v) is 5.28. The first kappa shape index (κ1) is 20.8. The molecule has 2 aliphatic rings. The molecule has 0 N–H and O–H groups in total. The van der Waals surface area contributed by atoms with Crippen LogP contribution in [0.15, 0.2) is 60.0 Å². The molecule has 2 aliphatic heterocycles. The van der Waals surface area contributed by atoms with E-state index in [1.807, 2.05) is 60.4 Å². The fraction of sp³-hybridized carbons (Fsp3) is 0.348. The fourth-order valence-electron chi connectivity index (χ4n) is 4.11. The molecule has 2 heterocycles. The van der Waals surface area contributed by atoms with Gasteiger partial charge in [0, 0.05) is 43.8 Å². The van der Waals surface area contributed by atoms with Crippen LogP contribution >= 0.6 is 0 Å². The maximum absolute atomic E-state index is 13.1. The number of piperazine rings is 1. The highest BCUT2D eigenvalue weighted by Crippen LogP contribution is 2.28. The van der Waals surface area contributed by atoms with E-state index in [-0.39, 0.29) is 11.9 Å². The van der Waals surface area contributed by atoms with E-state index in [1.165, 1.54) is 15.3 Å². The Kier molecular flexibility index (Phi) is 6.04. The number of hydrogen-bond acceptors (Lipinski definition) is 4. The minimum atomic E-state index is -3.48. The van der Waals surface area contributed by atoms with E-state index in [0.29, 0.717) is 32.7 Å². The van der Waals surface area contributed by atoms with E-state index in [0.717, 1.165) is 17.7 Å². The van der Waals surface area contributed by atoms with Gasteiger partial charge in [-0.25, -0.2) is 8.42 Å². The maximum Gasteiger partial charge on any atom is 0.244 e. The van der Waals surface area contributed by atoms with Gasteiger partial charge in [-0.1, -0.05) is 48.5 Å². The highest BCUT2D eigenvalue weighted by molar-refractivity contribution is 7.92. The number of benzene rings is 2. The summed E-state index contributed by atoms with van der Waals surface area (Å²) in [5.74, 6) is 0.0835. The lowest BCUT2D eigenvalue weighted by molar-refractivity contribution is -0.123. The van der Waals surface area contributed by atoms with Crippen molar-refractivity contribution in [2.45, 2.75) is 19.4 Å². The van der Waals surface area contributed by atoms with E-state index in [2.05, 4.69) is 11.0 Å². The normalized spacial score (nSPS) is 19.2. The monoisotopic (exact) mass is 425 g/mol. The van der Waals surface area contributed by atoms with Crippen molar-refractivity contribution < 1.29 is 13.2 Å². The third-order valence-electron chi connectivity index (χ3n) is 5.92. The van der Waals surface area contributed by atoms with Crippen LogP contribution in [-0.4, -0.2) is 62.3 Å². The van der Waals surface area contributed by atoms with E-state index >= 15 is 0 Å². The predicted molar refractivity (Wildman–Crippen MR) is 120 cm³/mol. The van der Waals surface area contributed by atoms with Gasteiger partial charge in [0.1, 0.15) is 0 Å². The summed E-state index contributed by atoms with van der Waals surface area (Å²) >= 11 is 0. The van der Waals surface area contributed by atoms with E-state index in [9.17, 15) is 13.2 Å². The van der Waals surface area contributed by atoms with Crippen molar-refractivity contribution in [3.8, 4) is 0 Å². The maximum atomic E-state index is 13.1. The summed E-state index contributed by atoms with van der Waals surface area (Å²) in [6.45, 7) is 4.48. The molecule has 1 atom stereocenters. The molecule has 158 valence electrons. The minimum Gasteiger partial charge on any atom is -0.310 e. The van der Waals surface area contributed by atoms with Crippen molar-refractivity contribution in [1.29, 1.82) is 0 Å². The van der Waals surface area contributed by atoms with Crippen LogP contribution in [0, 0.1) is 0 Å². The van der Waals surface area contributed by atoms with Crippen LogP contribution in [0.1, 0.15) is 18.1 Å². The Morgan fingerprint density at radius 2 is 1.60 bits per heavy atom. The quantitative estimate of drug-likeness (QED) is 0.739. The van der Waals surface area contributed by atoms with Gasteiger partial charge in [0.05, 0.1) is 6.04 Å². The highest BCUT2D eigenvalue weighted by atomic mass is 32.2. The molecule has 30 heavy (non-hydrogen) atoms. The topological polar surface area (TPSA) is 60.9 Å². The Morgan fingerprint density at radius 1 is 0.933 bits per heavy atom. The Morgan fingerprint density at radius 3 is 2.33 bits per heavy atom. The Balaban J connectivity index is 1.36. The third-order valence-corrected chi connectivity index (χ3v) is 7.49. The molecule has 4 rings (SSSR count). The number of carbonyl (C=O) groups excluding carboxylic acids is 1. The Hall–Kier alpha value is -2.48. The van der Waals surface area contributed by atoms with Gasteiger partial charge in [-0.2, -0.15) is 4.31 Å². The smallest absolute Gasteiger partial charge is 0.244 e. The first-order valence-corrected chi connectivity index (χ1v) is 11.8. The number of carbonyl (C=O) groups is 1. The number of rotatable bonds is 5. The van der Waals surface area contributed by atoms with Gasteiger partial charge < -0.3 is 4.90 Å². The summed E-state index contributed by atoms with van der Waals surface area (Å²) in [5, 5.41) is 1.27. The first-order chi connectivity index (χ1) is 14.5. The summed E-state index contributed by atoms with van der Waals surface area (Å²) in [5.41, 5.74) is 3.06. The first-order valence-electron chi connectivity index (χ1n) is 10.3. The van der Waals surface area contributed by atoms with Crippen LogP contribution in [0.5, 0.6) is 0 Å². The van der Waals surface area contributed by atoms with Crippen LogP contribution < -0.4 is 4.90 Å². The molecule has 0 radical (unpaired) electrons. The summed E-state index contributed by atoms with van der Waals surface area (Å²) in [4.78, 5) is 17.0. The third kappa shape index (κ3) is 4.33. The second kappa shape index (κ2) is 8.71. The number of amides is 1. The van der Waals surface area contributed by atoms with Crippen molar-refractivity contribution in [2.75, 3.05) is 37.6 Å². The zero-order chi connectivity index (χ0) is 21.1. The lowest BCUT2D eigenvalue weighted by Gasteiger charge is -2.37. The van der Waals surface area contributed by atoms with Crippen molar-refractivity contribution in [2.24, 2.45) is 0 Å². The van der Waals surface area contributed by atoms with Crippen LogP contribution in [-0.2, 0) is 21.2 Å². The molecular formula is C23H27N3O3S. The summed E-state index contributed by atoms with van der Waals surface area (Å²) in [6.07, 6.45) is 2.51. The molecular weight excluding hydrogens is 398 g/mol. The molecule has 0 aliphatic carbocycles. The molecule has 6 nitrogen and oxygen atoms in total. The summed E-state index contributed by atoms with van der Waals surface area (Å²) in [7, 11) is -3.48. The average molecular weight is 426 g/mol. The van der Waals surface area contributed by atoms with E-state index < -0.39 is 10.0 Å². The largest absolute Gasteiger partial charge is 0.310 e. The molecule has 0 aromatic heterocycles. The highest BCUT2D eigenvalue weighted by Gasteiger charge is 2.34. The van der Waals surface area contributed by atoms with E-state index in [4.69, 9.17) is 0 Å². The zero-order valence-corrected chi connectivity index (χ0v) is 18.0. The summed E-state index contributed by atoms with van der Waals surface area (Å²) < 4.78 is 26.8. The van der Waals surface area contributed by atoms with Gasteiger partial charge in [-0.05, 0) is 36.6 Å². The van der Waals surface area contributed by atoms with Gasteiger partial charge in [0.2, 0.25) is 15.9 Å². The van der Waals surface area contributed by atoms with Crippen molar-refractivity contribution in [3.63, 3.8) is 0 Å². The molecule has 0 bridgehead atoms. The molecule has 0 spiro atoms. The lowest BCUT2D eigenvalue weighted by Crippen LogP contribution is -2.55. The summed E-state index contributed by atoms with van der Waals surface area (Å²) in [6, 6.07) is 17.1. The molecule has 7 heteroatoms. The van der Waals surface area contributed by atoms with Crippen LogP contribution in [0.25, 0.3) is 6.08 Å². The van der Waals surface area contributed by atoms with Crippen LogP contribution in [0.3, 0.4) is 0 Å². The van der Waals surface area contributed by atoms with Crippen molar-refractivity contribution in [3.05, 3.63) is 71.1 Å². The number of fused-ring (bicyclic) bond motifs is 1. The minimum absolute atomic E-state index is 0.0835. The van der Waals surface area contributed by atoms with E-state index in [1.54, 1.807) is 6.08 Å². The number of anilines is 1. The molecule has 1 amide bonds. The molecule has 2 aromatic carbocycles. The van der Waals surface area contributed by atoms with Crippen LogP contribution in [0.2, 0.25) is 0 Å². The molecule has 2 aromatic rings. The SMILES string of the molecule is CC(C(=O)N1CCc2ccccc21)N1CCN(S(=O)(=O)/C=C/c2ccccc2)CC1. The molecule has 0 saturated carbocycles. The predicted octanol–water partition coefficient (Wildman–Crippen LogP) is 2.58. The standard InChI is InChI=1S/C23H27N3O3S/c1-19(23(27)26-13-11-21-9-5-6-10-22(21)26)24-14-16-25(17-15-24)30(28,29)18-12-20-7-3-2-4-8-20/h2-10,12,18-19H,11,13-17H2,1H3/b18-12+. The second-order valence-corrected chi connectivity index (χ2v) is 9.56. The second-order valence-electron chi connectivity index (χ2n) is 7.74. The van der Waals surface area contributed by atoms with Crippen molar-refractivity contribution >= 4 is 27.7 Å². The van der Waals surface area contributed by atoms with Gasteiger partial charge >= 0.3 is 0 Å². The Bertz CT molecular complexity index is 1030. The molecule has 1 saturated heterocycles. The number of para-hydroxylation sites is 1. The van der Waals surface area contributed by atoms with Crippen molar-refractivity contribution in [1.82, 2.24) is 9.21 Å². The molecule has 1 unspecified atom stereocenters. The molecule has 1 fully saturated rings. The zero-order valence-electron chi connectivity index (χ0n) is 17.1. The number of hydrogen-bond donors (Lipinski definition) is 0. The lowest BCUT2D eigenvalue weighted by atomic mass is 10.1.